The largest absolute Gasteiger partial charge is 0.505 e. The van der Waals surface area contributed by atoms with Crippen molar-refractivity contribution in [1.29, 1.82) is 0 Å². The second-order valence-corrected chi connectivity index (χ2v) is 5.45. The van der Waals surface area contributed by atoms with Gasteiger partial charge in [0.15, 0.2) is 5.78 Å². The molecule has 104 valence electrons. The molecule has 2 aromatic rings. The van der Waals surface area contributed by atoms with Gasteiger partial charge in [-0.05, 0) is 12.1 Å². The Hall–Kier alpha value is -1.13. The van der Waals surface area contributed by atoms with Crippen molar-refractivity contribution in [3.05, 3.63) is 55.5 Å². The zero-order valence-corrected chi connectivity index (χ0v) is 12.8. The molecule has 0 radical (unpaired) electrons. The lowest BCUT2D eigenvalue weighted by molar-refractivity contribution is 0.103. The third kappa shape index (κ3) is 2.54. The minimum Gasteiger partial charge on any atom is -0.505 e. The smallest absolute Gasteiger partial charge is 0.198 e. The highest BCUT2D eigenvalue weighted by molar-refractivity contribution is 6.53. The molecule has 0 aliphatic rings. The van der Waals surface area contributed by atoms with Gasteiger partial charge in [-0.2, -0.15) is 0 Å². The highest BCUT2D eigenvalue weighted by Gasteiger charge is 2.25. The number of nitrogen functional groups attached to an aromatic ring is 1. The molecule has 20 heavy (non-hydrogen) atoms. The predicted molar refractivity (Wildman–Crippen MR) is 82.4 cm³/mol. The molecule has 0 aliphatic carbocycles. The van der Waals surface area contributed by atoms with Gasteiger partial charge in [-0.1, -0.05) is 58.5 Å². The standard InChI is InChI=1S/C13H7Cl4NO2/c14-8-7(13(20)11(17)10(16)9(8)15)12(19)5-2-1-3-6(18)4-5/h1-4,20H,18H2. The van der Waals surface area contributed by atoms with E-state index in [2.05, 4.69) is 0 Å². The molecule has 0 saturated carbocycles. The maximum absolute atomic E-state index is 12.4. The Labute approximate surface area is 134 Å². The van der Waals surface area contributed by atoms with Gasteiger partial charge < -0.3 is 10.8 Å². The average molecular weight is 351 g/mol. The fourth-order valence-corrected chi connectivity index (χ4v) is 2.58. The van der Waals surface area contributed by atoms with Crippen molar-refractivity contribution >= 4 is 57.9 Å². The molecule has 3 N–H and O–H groups in total. The highest BCUT2D eigenvalue weighted by Crippen LogP contribution is 2.45. The van der Waals surface area contributed by atoms with Crippen molar-refractivity contribution in [2.45, 2.75) is 0 Å². The fourth-order valence-electron chi connectivity index (χ4n) is 1.65. The number of phenolic OH excluding ortho intramolecular Hbond substituents is 1. The second kappa shape index (κ2) is 5.70. The van der Waals surface area contributed by atoms with Crippen LogP contribution in [-0.4, -0.2) is 10.9 Å². The molecule has 0 bridgehead atoms. The number of benzene rings is 2. The molecule has 0 heterocycles. The van der Waals surface area contributed by atoms with Gasteiger partial charge in [-0.25, -0.2) is 0 Å². The van der Waals surface area contributed by atoms with Gasteiger partial charge >= 0.3 is 0 Å². The van der Waals surface area contributed by atoms with Gasteiger partial charge in [0.05, 0.1) is 20.6 Å². The zero-order valence-electron chi connectivity index (χ0n) is 9.75. The lowest BCUT2D eigenvalue weighted by Gasteiger charge is -2.11. The van der Waals surface area contributed by atoms with Crippen LogP contribution < -0.4 is 5.73 Å². The van der Waals surface area contributed by atoms with Crippen LogP contribution >= 0.6 is 46.4 Å². The molecule has 0 fully saturated rings. The molecular weight excluding hydrogens is 344 g/mol. The normalized spacial score (nSPS) is 10.6. The van der Waals surface area contributed by atoms with Crippen molar-refractivity contribution in [1.82, 2.24) is 0 Å². The van der Waals surface area contributed by atoms with Crippen molar-refractivity contribution in [2.75, 3.05) is 5.73 Å². The van der Waals surface area contributed by atoms with Crippen LogP contribution in [0.1, 0.15) is 15.9 Å². The van der Waals surface area contributed by atoms with E-state index in [1.165, 1.54) is 12.1 Å². The summed E-state index contributed by atoms with van der Waals surface area (Å²) >= 11 is 23.5. The van der Waals surface area contributed by atoms with E-state index in [0.29, 0.717) is 5.69 Å². The lowest BCUT2D eigenvalue weighted by Crippen LogP contribution is -2.04. The number of aromatic hydroxyl groups is 1. The molecule has 2 rings (SSSR count). The molecule has 0 amide bonds. The van der Waals surface area contributed by atoms with Gasteiger partial charge in [0.25, 0.3) is 0 Å². The molecule has 0 atom stereocenters. The molecule has 0 aliphatic heterocycles. The molecule has 2 aromatic carbocycles. The predicted octanol–water partition coefficient (Wildman–Crippen LogP) is 4.82. The van der Waals surface area contributed by atoms with Crippen molar-refractivity contribution in [2.24, 2.45) is 0 Å². The van der Waals surface area contributed by atoms with Gasteiger partial charge in [0.2, 0.25) is 0 Å². The first-order valence-corrected chi connectivity index (χ1v) is 6.81. The van der Waals surface area contributed by atoms with Crippen LogP contribution in [0.2, 0.25) is 20.1 Å². The Morgan fingerprint density at radius 1 is 1.00 bits per heavy atom. The lowest BCUT2D eigenvalue weighted by atomic mass is 10.0. The summed E-state index contributed by atoms with van der Waals surface area (Å²) in [5.41, 5.74) is 6.05. The number of nitrogens with two attached hydrogens (primary N) is 1. The van der Waals surface area contributed by atoms with Crippen molar-refractivity contribution in [3.8, 4) is 5.75 Å². The van der Waals surface area contributed by atoms with Crippen LogP contribution in [0.15, 0.2) is 24.3 Å². The van der Waals surface area contributed by atoms with Crippen LogP contribution in [0.4, 0.5) is 5.69 Å². The number of anilines is 1. The molecule has 0 saturated heterocycles. The maximum Gasteiger partial charge on any atom is 0.198 e. The summed E-state index contributed by atoms with van der Waals surface area (Å²) in [6, 6.07) is 6.21. The summed E-state index contributed by atoms with van der Waals surface area (Å²) in [6.07, 6.45) is 0. The number of carbonyl (C=O) groups is 1. The monoisotopic (exact) mass is 349 g/mol. The minimum atomic E-state index is -0.555. The van der Waals surface area contributed by atoms with Crippen molar-refractivity contribution < 1.29 is 9.90 Å². The van der Waals surface area contributed by atoms with Crippen LogP contribution in [0.3, 0.4) is 0 Å². The number of carbonyl (C=O) groups excluding carboxylic acids is 1. The van der Waals surface area contributed by atoms with E-state index < -0.39 is 11.5 Å². The summed E-state index contributed by atoms with van der Waals surface area (Å²) in [7, 11) is 0. The SMILES string of the molecule is Nc1cccc(C(=O)c2c(O)c(Cl)c(Cl)c(Cl)c2Cl)c1. The van der Waals surface area contributed by atoms with Gasteiger partial charge in [-0.15, -0.1) is 0 Å². The Balaban J connectivity index is 2.67. The van der Waals surface area contributed by atoms with Gasteiger partial charge in [-0.3, -0.25) is 4.79 Å². The summed E-state index contributed by atoms with van der Waals surface area (Å²) in [4.78, 5) is 12.4. The Kier molecular flexibility index (Phi) is 4.35. The van der Waals surface area contributed by atoms with E-state index in [1.807, 2.05) is 0 Å². The van der Waals surface area contributed by atoms with E-state index in [0.717, 1.165) is 0 Å². The molecule has 0 unspecified atom stereocenters. The summed E-state index contributed by atoms with van der Waals surface area (Å²) in [5, 5.41) is 9.38. The molecule has 3 nitrogen and oxygen atoms in total. The first kappa shape index (κ1) is 15.3. The first-order chi connectivity index (χ1) is 9.34. The van der Waals surface area contributed by atoms with Crippen LogP contribution in [-0.2, 0) is 0 Å². The van der Waals surface area contributed by atoms with E-state index in [4.69, 9.17) is 52.1 Å². The summed E-state index contributed by atoms with van der Waals surface area (Å²) in [6.45, 7) is 0. The number of ketones is 1. The second-order valence-electron chi connectivity index (χ2n) is 3.93. The maximum atomic E-state index is 12.4. The fraction of sp³-hybridized carbons (Fsp3) is 0. The quantitative estimate of drug-likeness (QED) is 0.353. The number of hydrogen-bond donors (Lipinski definition) is 2. The third-order valence-electron chi connectivity index (χ3n) is 2.62. The van der Waals surface area contributed by atoms with E-state index >= 15 is 0 Å². The van der Waals surface area contributed by atoms with E-state index in [1.54, 1.807) is 12.1 Å². The van der Waals surface area contributed by atoms with Crippen LogP contribution in [0.5, 0.6) is 5.75 Å². The van der Waals surface area contributed by atoms with Crippen LogP contribution in [0, 0.1) is 0 Å². The molecule has 0 spiro atoms. The highest BCUT2D eigenvalue weighted by atomic mass is 35.5. The molecule has 7 heteroatoms. The number of phenols is 1. The zero-order chi connectivity index (χ0) is 15.0. The van der Waals surface area contributed by atoms with Gasteiger partial charge in [0.1, 0.15) is 10.8 Å². The summed E-state index contributed by atoms with van der Waals surface area (Å²) < 4.78 is 0. The molecule has 0 aromatic heterocycles. The Bertz CT molecular complexity index is 687. The molecular formula is C13H7Cl4NO2. The average Bonchev–Trinajstić information content (AvgIpc) is 2.43. The first-order valence-electron chi connectivity index (χ1n) is 5.29. The van der Waals surface area contributed by atoms with Crippen LogP contribution in [0.25, 0.3) is 0 Å². The van der Waals surface area contributed by atoms with Gasteiger partial charge in [0, 0.05) is 11.3 Å². The van der Waals surface area contributed by atoms with E-state index in [9.17, 15) is 9.90 Å². The topological polar surface area (TPSA) is 63.3 Å². The van der Waals surface area contributed by atoms with E-state index in [-0.39, 0.29) is 31.2 Å². The number of rotatable bonds is 2. The minimum absolute atomic E-state index is 0.0941. The Morgan fingerprint density at radius 3 is 2.20 bits per heavy atom. The number of hydrogen-bond acceptors (Lipinski definition) is 3. The third-order valence-corrected chi connectivity index (χ3v) is 4.41. The Morgan fingerprint density at radius 2 is 1.60 bits per heavy atom. The van der Waals surface area contributed by atoms with Crippen molar-refractivity contribution in [3.63, 3.8) is 0 Å². The summed E-state index contributed by atoms with van der Waals surface area (Å²) in [5.74, 6) is -1.07. The number of halogens is 4.